The van der Waals surface area contributed by atoms with Crippen LogP contribution in [0.5, 0.6) is 0 Å². The van der Waals surface area contributed by atoms with Gasteiger partial charge < -0.3 is 10.6 Å². The third-order valence-electron chi connectivity index (χ3n) is 2.25. The van der Waals surface area contributed by atoms with E-state index in [-0.39, 0.29) is 11.9 Å². The fraction of sp³-hybridized carbons (Fsp3) is 0.300. The number of amides is 1. The highest BCUT2D eigenvalue weighted by molar-refractivity contribution is 14.1. The van der Waals surface area contributed by atoms with E-state index in [2.05, 4.69) is 33.2 Å². The summed E-state index contributed by atoms with van der Waals surface area (Å²) in [5, 5.41) is 5.93. The maximum Gasteiger partial charge on any atom is 0.241 e. The number of benzene rings is 1. The molecule has 2 N–H and O–H groups in total. The Balaban J connectivity index is 1.96. The summed E-state index contributed by atoms with van der Waals surface area (Å²) < 4.78 is 1.17. The van der Waals surface area contributed by atoms with Gasteiger partial charge in [-0.1, -0.05) is 0 Å². The Morgan fingerprint density at radius 1 is 1.43 bits per heavy atom. The second kappa shape index (κ2) is 4.27. The van der Waals surface area contributed by atoms with Gasteiger partial charge in [-0.3, -0.25) is 4.79 Å². The zero-order valence-corrected chi connectivity index (χ0v) is 9.74. The highest BCUT2D eigenvalue weighted by Crippen LogP contribution is 2.12. The van der Waals surface area contributed by atoms with Crippen LogP contribution in [-0.4, -0.2) is 18.5 Å². The molecule has 0 aromatic heterocycles. The summed E-state index contributed by atoms with van der Waals surface area (Å²) in [7, 11) is 0. The van der Waals surface area contributed by atoms with E-state index in [0.717, 1.165) is 18.7 Å². The van der Waals surface area contributed by atoms with Crippen molar-refractivity contribution >= 4 is 34.2 Å². The second-order valence-corrected chi connectivity index (χ2v) is 4.54. The second-order valence-electron chi connectivity index (χ2n) is 3.29. The number of anilines is 1. The minimum Gasteiger partial charge on any atom is -0.325 e. The van der Waals surface area contributed by atoms with Crippen molar-refractivity contribution in [2.45, 2.75) is 12.5 Å². The van der Waals surface area contributed by atoms with Crippen molar-refractivity contribution in [3.8, 4) is 0 Å². The fourth-order valence-electron chi connectivity index (χ4n) is 1.28. The molecule has 0 spiro atoms. The molecule has 0 aliphatic carbocycles. The average Bonchev–Trinajstić information content (AvgIpc) is 2.06. The first-order valence-electron chi connectivity index (χ1n) is 4.55. The predicted octanol–water partition coefficient (Wildman–Crippen LogP) is 1.59. The molecular weight excluding hydrogens is 291 g/mol. The molecule has 1 atom stereocenters. The van der Waals surface area contributed by atoms with Crippen molar-refractivity contribution in [3.63, 3.8) is 0 Å². The SMILES string of the molecule is O=C(Nc1ccc(I)cc1)[C@H]1CCN1. The third-order valence-corrected chi connectivity index (χ3v) is 2.97. The first-order valence-corrected chi connectivity index (χ1v) is 5.63. The van der Waals surface area contributed by atoms with E-state index in [0.29, 0.717) is 0 Å². The van der Waals surface area contributed by atoms with Gasteiger partial charge in [0.2, 0.25) is 5.91 Å². The summed E-state index contributed by atoms with van der Waals surface area (Å²) in [4.78, 5) is 11.5. The largest absolute Gasteiger partial charge is 0.325 e. The maximum absolute atomic E-state index is 11.5. The van der Waals surface area contributed by atoms with Gasteiger partial charge in [0.05, 0.1) is 6.04 Å². The van der Waals surface area contributed by atoms with E-state index in [4.69, 9.17) is 0 Å². The molecule has 14 heavy (non-hydrogen) atoms. The van der Waals surface area contributed by atoms with Gasteiger partial charge in [0.15, 0.2) is 0 Å². The first-order chi connectivity index (χ1) is 6.75. The molecular formula is C10H11IN2O. The predicted molar refractivity (Wildman–Crippen MR) is 64.2 cm³/mol. The van der Waals surface area contributed by atoms with Crippen LogP contribution in [0, 0.1) is 3.57 Å². The summed E-state index contributed by atoms with van der Waals surface area (Å²) in [6, 6.07) is 7.79. The van der Waals surface area contributed by atoms with Gasteiger partial charge in [-0.25, -0.2) is 0 Å². The number of rotatable bonds is 2. The van der Waals surface area contributed by atoms with Crippen LogP contribution < -0.4 is 10.6 Å². The van der Waals surface area contributed by atoms with E-state index in [9.17, 15) is 4.79 Å². The van der Waals surface area contributed by atoms with Gasteiger partial charge >= 0.3 is 0 Å². The topological polar surface area (TPSA) is 41.1 Å². The zero-order valence-electron chi connectivity index (χ0n) is 7.59. The van der Waals surface area contributed by atoms with Gasteiger partial charge in [-0.05, 0) is 59.8 Å². The van der Waals surface area contributed by atoms with Crippen molar-refractivity contribution in [1.29, 1.82) is 0 Å². The lowest BCUT2D eigenvalue weighted by Crippen LogP contribution is -2.50. The van der Waals surface area contributed by atoms with E-state index in [1.54, 1.807) is 0 Å². The van der Waals surface area contributed by atoms with Crippen molar-refractivity contribution in [1.82, 2.24) is 5.32 Å². The quantitative estimate of drug-likeness (QED) is 0.815. The Hall–Kier alpha value is -0.620. The lowest BCUT2D eigenvalue weighted by Gasteiger charge is -2.26. The Kier molecular flexibility index (Phi) is 3.02. The highest BCUT2D eigenvalue weighted by Gasteiger charge is 2.24. The summed E-state index contributed by atoms with van der Waals surface area (Å²) in [6.45, 7) is 0.949. The lowest BCUT2D eigenvalue weighted by atomic mass is 10.1. The maximum atomic E-state index is 11.5. The Bertz CT molecular complexity index is 332. The molecule has 2 rings (SSSR count). The minimum atomic E-state index is 0.00859. The molecule has 1 aromatic rings. The smallest absolute Gasteiger partial charge is 0.241 e. The van der Waals surface area contributed by atoms with Gasteiger partial charge in [0.25, 0.3) is 0 Å². The number of carbonyl (C=O) groups excluding carboxylic acids is 1. The molecule has 1 fully saturated rings. The van der Waals surface area contributed by atoms with Crippen molar-refractivity contribution < 1.29 is 4.79 Å². The highest BCUT2D eigenvalue weighted by atomic mass is 127. The molecule has 4 heteroatoms. The van der Waals surface area contributed by atoms with Gasteiger partial charge in [-0.15, -0.1) is 0 Å². The molecule has 0 saturated carbocycles. The van der Waals surface area contributed by atoms with Gasteiger partial charge in [-0.2, -0.15) is 0 Å². The van der Waals surface area contributed by atoms with Gasteiger partial charge in [0.1, 0.15) is 0 Å². The van der Waals surface area contributed by atoms with Crippen LogP contribution in [0.4, 0.5) is 5.69 Å². The van der Waals surface area contributed by atoms with E-state index in [1.807, 2.05) is 24.3 Å². The van der Waals surface area contributed by atoms with E-state index in [1.165, 1.54) is 3.57 Å². The summed E-state index contributed by atoms with van der Waals surface area (Å²) >= 11 is 2.24. The molecule has 1 aromatic carbocycles. The van der Waals surface area contributed by atoms with Crippen LogP contribution in [0.1, 0.15) is 6.42 Å². The van der Waals surface area contributed by atoms with Gasteiger partial charge in [0, 0.05) is 9.26 Å². The number of carbonyl (C=O) groups is 1. The minimum absolute atomic E-state index is 0.00859. The molecule has 0 unspecified atom stereocenters. The lowest BCUT2D eigenvalue weighted by molar-refractivity contribution is -0.119. The van der Waals surface area contributed by atoms with Crippen LogP contribution >= 0.6 is 22.6 Å². The monoisotopic (exact) mass is 302 g/mol. The molecule has 1 aliphatic rings. The Morgan fingerprint density at radius 3 is 2.57 bits per heavy atom. The third kappa shape index (κ3) is 2.24. The van der Waals surface area contributed by atoms with E-state index < -0.39 is 0 Å². The first kappa shape index (κ1) is 9.92. The van der Waals surface area contributed by atoms with Crippen LogP contribution in [0.3, 0.4) is 0 Å². The van der Waals surface area contributed by atoms with Crippen molar-refractivity contribution in [3.05, 3.63) is 27.8 Å². The zero-order chi connectivity index (χ0) is 9.97. The molecule has 1 amide bonds. The van der Waals surface area contributed by atoms with Crippen molar-refractivity contribution in [2.24, 2.45) is 0 Å². The van der Waals surface area contributed by atoms with Crippen LogP contribution in [0.25, 0.3) is 0 Å². The average molecular weight is 302 g/mol. The Labute approximate surface area is 96.4 Å². The van der Waals surface area contributed by atoms with Crippen LogP contribution in [-0.2, 0) is 4.79 Å². The van der Waals surface area contributed by atoms with Crippen LogP contribution in [0.15, 0.2) is 24.3 Å². The molecule has 74 valence electrons. The molecule has 1 heterocycles. The van der Waals surface area contributed by atoms with Crippen LogP contribution in [0.2, 0.25) is 0 Å². The molecule has 0 radical (unpaired) electrons. The fourth-order valence-corrected chi connectivity index (χ4v) is 1.63. The summed E-state index contributed by atoms with van der Waals surface area (Å²) in [5.41, 5.74) is 0.865. The summed E-state index contributed by atoms with van der Waals surface area (Å²) in [6.07, 6.45) is 0.941. The standard InChI is InChI=1S/C10H11IN2O/c11-7-1-3-8(4-2-7)13-10(14)9-5-6-12-9/h1-4,9,12H,5-6H2,(H,13,14)/t9-/m1/s1. The normalized spacial score (nSPS) is 19.9. The number of hydrogen-bond donors (Lipinski definition) is 2. The number of hydrogen-bond acceptors (Lipinski definition) is 2. The van der Waals surface area contributed by atoms with Crippen molar-refractivity contribution in [2.75, 3.05) is 11.9 Å². The Morgan fingerprint density at radius 2 is 2.07 bits per heavy atom. The molecule has 1 saturated heterocycles. The molecule has 1 aliphatic heterocycles. The molecule has 0 bridgehead atoms. The number of nitrogens with one attached hydrogen (secondary N) is 2. The molecule has 3 nitrogen and oxygen atoms in total. The van der Waals surface area contributed by atoms with E-state index >= 15 is 0 Å². The summed E-state index contributed by atoms with van der Waals surface area (Å²) in [5.74, 6) is 0.0671. The number of halogens is 1.